The van der Waals surface area contributed by atoms with Crippen LogP contribution in [0, 0.1) is 0 Å². The maximum atomic E-state index is 13.6. The third kappa shape index (κ3) is 4.72. The Morgan fingerprint density at radius 1 is 0.972 bits per heavy atom. The molecule has 1 aromatic heterocycles. The van der Waals surface area contributed by atoms with Crippen LogP contribution in [0.4, 0.5) is 5.95 Å². The van der Waals surface area contributed by atoms with Gasteiger partial charge in [-0.2, -0.15) is 0 Å². The van der Waals surface area contributed by atoms with Gasteiger partial charge in [0, 0.05) is 11.3 Å². The van der Waals surface area contributed by atoms with Gasteiger partial charge in [0.05, 0.1) is 50.6 Å². The summed E-state index contributed by atoms with van der Waals surface area (Å²) in [7, 11) is 4.73. The zero-order valence-electron chi connectivity index (χ0n) is 21.7. The minimum Gasteiger partial charge on any atom is -0.493 e. The predicted octanol–water partition coefficient (Wildman–Crippen LogP) is 5.86. The molecule has 3 aromatic rings. The van der Waals surface area contributed by atoms with E-state index in [1.807, 2.05) is 47.9 Å². The van der Waals surface area contributed by atoms with E-state index in [0.29, 0.717) is 41.1 Å². The molecule has 36 heavy (non-hydrogen) atoms. The van der Waals surface area contributed by atoms with Gasteiger partial charge in [-0.1, -0.05) is 44.7 Å². The van der Waals surface area contributed by atoms with E-state index in [1.54, 1.807) is 21.3 Å². The molecule has 1 aliphatic heterocycles. The first-order chi connectivity index (χ1) is 17.5. The van der Waals surface area contributed by atoms with Crippen molar-refractivity contribution in [1.29, 1.82) is 0 Å². The van der Waals surface area contributed by atoms with Gasteiger partial charge in [-0.05, 0) is 37.6 Å². The van der Waals surface area contributed by atoms with E-state index in [4.69, 9.17) is 23.9 Å². The molecule has 0 radical (unpaired) electrons. The molecule has 1 aliphatic rings. The number of unbranched alkanes of at least 4 members (excludes halogenated alkanes) is 4. The zero-order chi connectivity index (χ0) is 25.7. The molecule has 0 spiro atoms. The standard InChI is InChI=1S/C28H35N3O5/c1-6-7-8-9-12-17-36-27(32)23-18(2)29-28-30-20-13-10-11-14-21(20)31(28)24(23)19-15-16-22(33-3)26(35-5)25(19)34-4/h10-11,13-16,24H,6-9,12,17H2,1-5H3,(H,29,30). The molecule has 8 heteroatoms. The van der Waals surface area contributed by atoms with E-state index >= 15 is 0 Å². The number of imidazole rings is 1. The number of nitrogens with zero attached hydrogens (tertiary/aromatic N) is 2. The highest BCUT2D eigenvalue weighted by Gasteiger charge is 2.37. The summed E-state index contributed by atoms with van der Waals surface area (Å²) in [5.74, 6) is 1.78. The van der Waals surface area contributed by atoms with Crippen molar-refractivity contribution in [2.75, 3.05) is 33.3 Å². The van der Waals surface area contributed by atoms with E-state index in [-0.39, 0.29) is 5.97 Å². The molecule has 1 N–H and O–H groups in total. The fourth-order valence-corrected chi connectivity index (χ4v) is 4.81. The minimum atomic E-state index is -0.545. The fraction of sp³-hybridized carbons (Fsp3) is 0.429. The first-order valence-corrected chi connectivity index (χ1v) is 12.5. The third-order valence-electron chi connectivity index (χ3n) is 6.56. The van der Waals surface area contributed by atoms with Gasteiger partial charge in [-0.3, -0.25) is 4.57 Å². The molecular weight excluding hydrogens is 458 g/mol. The average Bonchev–Trinajstić information content (AvgIpc) is 3.26. The lowest BCUT2D eigenvalue weighted by Gasteiger charge is -2.31. The van der Waals surface area contributed by atoms with Crippen LogP contribution in [0.15, 0.2) is 47.7 Å². The lowest BCUT2D eigenvalue weighted by atomic mass is 9.93. The second-order valence-corrected chi connectivity index (χ2v) is 8.83. The highest BCUT2D eigenvalue weighted by Crippen LogP contribution is 2.48. The maximum Gasteiger partial charge on any atom is 0.338 e. The fourth-order valence-electron chi connectivity index (χ4n) is 4.81. The van der Waals surface area contributed by atoms with Crippen LogP contribution in [0.2, 0.25) is 0 Å². The molecule has 1 unspecified atom stereocenters. The van der Waals surface area contributed by atoms with Crippen LogP contribution in [0.3, 0.4) is 0 Å². The van der Waals surface area contributed by atoms with Gasteiger partial charge in [-0.25, -0.2) is 9.78 Å². The largest absolute Gasteiger partial charge is 0.493 e. The van der Waals surface area contributed by atoms with Crippen LogP contribution >= 0.6 is 0 Å². The Morgan fingerprint density at radius 3 is 2.44 bits per heavy atom. The zero-order valence-corrected chi connectivity index (χ0v) is 21.7. The molecule has 0 aliphatic carbocycles. The molecule has 2 aromatic carbocycles. The van der Waals surface area contributed by atoms with Gasteiger partial charge in [0.2, 0.25) is 11.7 Å². The first-order valence-electron chi connectivity index (χ1n) is 12.5. The summed E-state index contributed by atoms with van der Waals surface area (Å²) < 4.78 is 24.8. The Balaban J connectivity index is 1.81. The molecule has 0 amide bonds. The number of hydrogen-bond acceptors (Lipinski definition) is 7. The van der Waals surface area contributed by atoms with E-state index < -0.39 is 6.04 Å². The van der Waals surface area contributed by atoms with Gasteiger partial charge in [-0.15, -0.1) is 0 Å². The lowest BCUT2D eigenvalue weighted by Crippen LogP contribution is -2.29. The summed E-state index contributed by atoms with van der Waals surface area (Å²) >= 11 is 0. The number of allylic oxidation sites excluding steroid dienone is 1. The molecule has 8 nitrogen and oxygen atoms in total. The Hall–Kier alpha value is -3.68. The molecular formula is C28H35N3O5. The quantitative estimate of drug-likeness (QED) is 0.264. The maximum absolute atomic E-state index is 13.6. The number of esters is 1. The summed E-state index contributed by atoms with van der Waals surface area (Å²) in [6.07, 6.45) is 5.40. The number of para-hydroxylation sites is 2. The van der Waals surface area contributed by atoms with Gasteiger partial charge in [0.15, 0.2) is 11.5 Å². The van der Waals surface area contributed by atoms with E-state index in [0.717, 1.165) is 35.9 Å². The highest BCUT2D eigenvalue weighted by molar-refractivity contribution is 5.94. The number of carbonyl (C=O) groups excluding carboxylic acids is 1. The molecule has 0 saturated carbocycles. The Kier molecular flexibility index (Phi) is 8.03. The minimum absolute atomic E-state index is 0.360. The topological polar surface area (TPSA) is 83.8 Å². The van der Waals surface area contributed by atoms with Crippen LogP contribution in [0.1, 0.15) is 57.6 Å². The predicted molar refractivity (Wildman–Crippen MR) is 140 cm³/mol. The number of fused-ring (bicyclic) bond motifs is 3. The Labute approximate surface area is 212 Å². The summed E-state index contributed by atoms with van der Waals surface area (Å²) in [6.45, 7) is 4.44. The number of ether oxygens (including phenoxy) is 4. The van der Waals surface area contributed by atoms with Crippen molar-refractivity contribution in [2.45, 2.75) is 52.0 Å². The summed E-state index contributed by atoms with van der Waals surface area (Å²) in [6, 6.07) is 11.0. The highest BCUT2D eigenvalue weighted by atomic mass is 16.5. The summed E-state index contributed by atoms with van der Waals surface area (Å²) in [5, 5.41) is 3.32. The summed E-state index contributed by atoms with van der Waals surface area (Å²) in [4.78, 5) is 18.4. The van der Waals surface area contributed by atoms with Crippen LogP contribution in [-0.4, -0.2) is 43.5 Å². The Bertz CT molecular complexity index is 1260. The van der Waals surface area contributed by atoms with Crippen molar-refractivity contribution in [3.05, 3.63) is 53.2 Å². The second kappa shape index (κ2) is 11.4. The van der Waals surface area contributed by atoms with Crippen molar-refractivity contribution in [3.63, 3.8) is 0 Å². The van der Waals surface area contributed by atoms with E-state index in [9.17, 15) is 4.79 Å². The molecule has 2 heterocycles. The summed E-state index contributed by atoms with van der Waals surface area (Å²) in [5.41, 5.74) is 3.65. The van der Waals surface area contributed by atoms with Crippen molar-refractivity contribution >= 4 is 23.0 Å². The molecule has 4 rings (SSSR count). The van der Waals surface area contributed by atoms with Crippen molar-refractivity contribution in [3.8, 4) is 17.2 Å². The normalized spacial score (nSPS) is 14.9. The van der Waals surface area contributed by atoms with E-state index in [1.165, 1.54) is 12.8 Å². The number of carbonyl (C=O) groups is 1. The van der Waals surface area contributed by atoms with Gasteiger partial charge < -0.3 is 24.3 Å². The Morgan fingerprint density at radius 2 is 1.72 bits per heavy atom. The molecule has 1 atom stereocenters. The average molecular weight is 494 g/mol. The van der Waals surface area contributed by atoms with Gasteiger partial charge >= 0.3 is 5.97 Å². The SMILES string of the molecule is CCCCCCCOC(=O)C1=C(C)Nc2nc3ccccc3n2C1c1ccc(OC)c(OC)c1OC. The number of hydrogen-bond donors (Lipinski definition) is 1. The molecule has 0 fully saturated rings. The van der Waals surface area contributed by atoms with Crippen LogP contribution in [0.5, 0.6) is 17.2 Å². The van der Waals surface area contributed by atoms with Crippen molar-refractivity contribution < 1.29 is 23.7 Å². The van der Waals surface area contributed by atoms with Gasteiger partial charge in [0.25, 0.3) is 0 Å². The first kappa shape index (κ1) is 25.4. The van der Waals surface area contributed by atoms with Crippen molar-refractivity contribution in [2.24, 2.45) is 0 Å². The lowest BCUT2D eigenvalue weighted by molar-refractivity contribution is -0.139. The smallest absolute Gasteiger partial charge is 0.338 e. The van der Waals surface area contributed by atoms with Crippen LogP contribution < -0.4 is 19.5 Å². The van der Waals surface area contributed by atoms with Gasteiger partial charge in [0.1, 0.15) is 0 Å². The van der Waals surface area contributed by atoms with Crippen molar-refractivity contribution in [1.82, 2.24) is 9.55 Å². The third-order valence-corrected chi connectivity index (χ3v) is 6.56. The molecule has 0 bridgehead atoms. The van der Waals surface area contributed by atoms with Crippen LogP contribution in [-0.2, 0) is 9.53 Å². The van der Waals surface area contributed by atoms with E-state index in [2.05, 4.69) is 12.2 Å². The number of benzene rings is 2. The number of anilines is 1. The molecule has 0 saturated heterocycles. The van der Waals surface area contributed by atoms with Crippen LogP contribution in [0.25, 0.3) is 11.0 Å². The second-order valence-electron chi connectivity index (χ2n) is 8.83. The number of aromatic nitrogens is 2. The number of methoxy groups -OCH3 is 3. The number of nitrogens with one attached hydrogen (secondary N) is 1. The monoisotopic (exact) mass is 493 g/mol. The molecule has 192 valence electrons. The number of rotatable bonds is 11.